The maximum Gasteiger partial charge on any atom is 0.387 e. The van der Waals surface area contributed by atoms with Crippen molar-refractivity contribution < 1.29 is 23.1 Å². The van der Waals surface area contributed by atoms with Gasteiger partial charge in [-0.2, -0.15) is 8.78 Å². The molecule has 2 heterocycles. The van der Waals surface area contributed by atoms with Crippen LogP contribution in [0.15, 0.2) is 36.0 Å². The van der Waals surface area contributed by atoms with Crippen molar-refractivity contribution in [1.82, 2.24) is 10.3 Å². The highest BCUT2D eigenvalue weighted by Gasteiger charge is 2.17. The van der Waals surface area contributed by atoms with Gasteiger partial charge in [-0.05, 0) is 23.6 Å². The minimum atomic E-state index is -3.00. The number of carbonyl (C=O) groups excluding carboxylic acids is 2. The van der Waals surface area contributed by atoms with Gasteiger partial charge < -0.3 is 15.4 Å². The van der Waals surface area contributed by atoms with Gasteiger partial charge in [-0.15, -0.1) is 11.3 Å². The van der Waals surface area contributed by atoms with Crippen molar-refractivity contribution in [3.8, 4) is 5.75 Å². The van der Waals surface area contributed by atoms with Crippen LogP contribution in [0.2, 0.25) is 0 Å². The molecule has 0 aliphatic carbocycles. The summed E-state index contributed by atoms with van der Waals surface area (Å²) < 4.78 is 28.6. The van der Waals surface area contributed by atoms with Crippen LogP contribution >= 0.6 is 11.3 Å². The van der Waals surface area contributed by atoms with Crippen molar-refractivity contribution in [2.45, 2.75) is 13.0 Å². The number of nitrogens with zero attached hydrogens (tertiary/aromatic N) is 1. The van der Waals surface area contributed by atoms with E-state index in [0.717, 1.165) is 11.3 Å². The summed E-state index contributed by atoms with van der Waals surface area (Å²) in [6.07, 6.45) is 3.13. The van der Waals surface area contributed by atoms with Crippen molar-refractivity contribution in [2.75, 3.05) is 11.9 Å². The maximum absolute atomic E-state index is 12.2. The third kappa shape index (κ3) is 5.29. The summed E-state index contributed by atoms with van der Waals surface area (Å²) in [5.41, 5.74) is 0.599. The fourth-order valence-electron chi connectivity index (χ4n) is 1.68. The summed E-state index contributed by atoms with van der Waals surface area (Å²) in [5, 5.41) is 6.60. The molecule has 6 nitrogen and oxygen atoms in total. The van der Waals surface area contributed by atoms with Crippen LogP contribution in [0.3, 0.4) is 0 Å². The van der Waals surface area contributed by atoms with Crippen LogP contribution in [0.25, 0.3) is 0 Å². The molecule has 2 aromatic rings. The normalized spacial score (nSPS) is 10.4. The number of alkyl halides is 2. The standard InChI is InChI=1S/C14H13F2N3O3S/c15-14(16)22-10-4-8-23-12(10)13(21)18-7-3-11(20)19-9-1-5-17-6-2-9/h1-2,4-6,8,14H,3,7H2,(H,18,21)(H,17,19,20). The molecule has 0 bridgehead atoms. The molecule has 0 saturated carbocycles. The molecular weight excluding hydrogens is 328 g/mol. The summed E-state index contributed by atoms with van der Waals surface area (Å²) in [6.45, 7) is -2.93. The van der Waals surface area contributed by atoms with Gasteiger partial charge in [-0.3, -0.25) is 14.6 Å². The lowest BCUT2D eigenvalue weighted by Gasteiger charge is -2.07. The molecule has 0 unspecified atom stereocenters. The van der Waals surface area contributed by atoms with Crippen LogP contribution in [0, 0.1) is 0 Å². The highest BCUT2D eigenvalue weighted by atomic mass is 32.1. The highest BCUT2D eigenvalue weighted by Crippen LogP contribution is 2.26. The van der Waals surface area contributed by atoms with Gasteiger partial charge in [-0.25, -0.2) is 0 Å². The molecule has 0 saturated heterocycles. The lowest BCUT2D eigenvalue weighted by atomic mass is 10.3. The summed E-state index contributed by atoms with van der Waals surface area (Å²) >= 11 is 0.983. The van der Waals surface area contributed by atoms with Crippen molar-refractivity contribution in [3.63, 3.8) is 0 Å². The van der Waals surface area contributed by atoms with Crippen LogP contribution < -0.4 is 15.4 Å². The molecule has 23 heavy (non-hydrogen) atoms. The zero-order chi connectivity index (χ0) is 16.7. The molecule has 0 fully saturated rings. The second-order valence-electron chi connectivity index (χ2n) is 4.28. The zero-order valence-corrected chi connectivity index (χ0v) is 12.6. The zero-order valence-electron chi connectivity index (χ0n) is 11.8. The summed E-state index contributed by atoms with van der Waals surface area (Å²) in [7, 11) is 0. The fourth-order valence-corrected chi connectivity index (χ4v) is 2.42. The minimum Gasteiger partial charge on any atom is -0.433 e. The molecule has 0 aliphatic rings. The first-order valence-electron chi connectivity index (χ1n) is 6.56. The van der Waals surface area contributed by atoms with E-state index in [1.165, 1.54) is 11.4 Å². The predicted octanol–water partition coefficient (Wildman–Crippen LogP) is 2.50. The van der Waals surface area contributed by atoms with Crippen LogP contribution in [0.1, 0.15) is 16.1 Å². The molecule has 0 spiro atoms. The Labute approximate surface area is 134 Å². The highest BCUT2D eigenvalue weighted by molar-refractivity contribution is 7.12. The van der Waals surface area contributed by atoms with Gasteiger partial charge in [0, 0.05) is 31.0 Å². The number of carbonyl (C=O) groups is 2. The monoisotopic (exact) mass is 341 g/mol. The average molecular weight is 341 g/mol. The number of ether oxygens (including phenoxy) is 1. The molecule has 122 valence electrons. The Balaban J connectivity index is 1.79. The molecule has 0 atom stereocenters. The predicted molar refractivity (Wildman–Crippen MR) is 80.8 cm³/mol. The number of anilines is 1. The number of amides is 2. The number of hydrogen-bond acceptors (Lipinski definition) is 5. The van der Waals surface area contributed by atoms with E-state index >= 15 is 0 Å². The lowest BCUT2D eigenvalue weighted by molar-refractivity contribution is -0.116. The molecule has 2 N–H and O–H groups in total. The quantitative estimate of drug-likeness (QED) is 0.811. The Kier molecular flexibility index (Phi) is 5.98. The van der Waals surface area contributed by atoms with Gasteiger partial charge in [0.1, 0.15) is 10.6 Å². The molecule has 2 rings (SSSR count). The molecule has 2 amide bonds. The van der Waals surface area contributed by atoms with Crippen LogP contribution in [0.4, 0.5) is 14.5 Å². The largest absolute Gasteiger partial charge is 0.433 e. The van der Waals surface area contributed by atoms with E-state index in [4.69, 9.17) is 0 Å². The molecule has 9 heteroatoms. The third-order valence-corrected chi connectivity index (χ3v) is 3.55. The van der Waals surface area contributed by atoms with E-state index in [1.807, 2.05) is 0 Å². The average Bonchev–Trinajstić information content (AvgIpc) is 2.95. The maximum atomic E-state index is 12.2. The van der Waals surface area contributed by atoms with Gasteiger partial charge in [0.15, 0.2) is 0 Å². The Morgan fingerprint density at radius 1 is 1.26 bits per heavy atom. The van der Waals surface area contributed by atoms with Crippen molar-refractivity contribution >= 4 is 28.8 Å². The Morgan fingerprint density at radius 3 is 2.70 bits per heavy atom. The van der Waals surface area contributed by atoms with Crippen molar-refractivity contribution in [2.24, 2.45) is 0 Å². The lowest BCUT2D eigenvalue weighted by Crippen LogP contribution is -2.27. The van der Waals surface area contributed by atoms with Gasteiger partial charge >= 0.3 is 6.61 Å². The van der Waals surface area contributed by atoms with Gasteiger partial charge in [-0.1, -0.05) is 0 Å². The Hall–Kier alpha value is -2.55. The van der Waals surface area contributed by atoms with E-state index in [0.29, 0.717) is 5.69 Å². The third-order valence-electron chi connectivity index (χ3n) is 2.65. The first kappa shape index (κ1) is 16.8. The summed E-state index contributed by atoms with van der Waals surface area (Å²) in [6, 6.07) is 4.56. The van der Waals surface area contributed by atoms with Crippen LogP contribution in [-0.2, 0) is 4.79 Å². The minimum absolute atomic E-state index is 0.0415. The van der Waals surface area contributed by atoms with Crippen molar-refractivity contribution in [1.29, 1.82) is 0 Å². The summed E-state index contributed by atoms with van der Waals surface area (Å²) in [4.78, 5) is 27.4. The number of pyridine rings is 1. The van der Waals surface area contributed by atoms with Gasteiger partial charge in [0.05, 0.1) is 0 Å². The van der Waals surface area contributed by atoms with E-state index in [9.17, 15) is 18.4 Å². The Bertz CT molecular complexity index is 664. The van der Waals surface area contributed by atoms with Crippen LogP contribution in [0.5, 0.6) is 5.75 Å². The number of hydrogen-bond donors (Lipinski definition) is 2. The summed E-state index contributed by atoms with van der Waals surface area (Å²) in [5.74, 6) is -1.03. The molecular formula is C14H13F2N3O3S. The van der Waals surface area contributed by atoms with E-state index in [-0.39, 0.29) is 29.5 Å². The Morgan fingerprint density at radius 2 is 2.00 bits per heavy atom. The van der Waals surface area contributed by atoms with E-state index in [2.05, 4.69) is 20.4 Å². The number of thiophene rings is 1. The number of aromatic nitrogens is 1. The smallest absolute Gasteiger partial charge is 0.387 e. The number of nitrogens with one attached hydrogen (secondary N) is 2. The van der Waals surface area contributed by atoms with Crippen molar-refractivity contribution in [3.05, 3.63) is 40.8 Å². The van der Waals surface area contributed by atoms with E-state index in [1.54, 1.807) is 24.5 Å². The molecule has 0 aromatic carbocycles. The second kappa shape index (κ2) is 8.18. The van der Waals surface area contributed by atoms with Crippen LogP contribution in [-0.4, -0.2) is 30.0 Å². The van der Waals surface area contributed by atoms with Gasteiger partial charge in [0.2, 0.25) is 5.91 Å². The number of halogens is 2. The van der Waals surface area contributed by atoms with Gasteiger partial charge in [0.25, 0.3) is 5.91 Å². The first-order chi connectivity index (χ1) is 11.1. The molecule has 2 aromatic heterocycles. The SMILES string of the molecule is O=C(CCNC(=O)c1sccc1OC(F)F)Nc1ccncc1. The first-order valence-corrected chi connectivity index (χ1v) is 7.44. The molecule has 0 radical (unpaired) electrons. The second-order valence-corrected chi connectivity index (χ2v) is 5.20. The van der Waals surface area contributed by atoms with E-state index < -0.39 is 12.5 Å². The molecule has 0 aliphatic heterocycles. The number of rotatable bonds is 7. The topological polar surface area (TPSA) is 80.3 Å². The fraction of sp³-hybridized carbons (Fsp3) is 0.214.